The SMILES string of the molecule is CC1(C(=O)NC(CCCCN)C(=O)O)CCC(C(=O)NC(Cc2ccc(NC(=O)c3c(Cl)cccc3Cl)cc2)C(=O)O)C1(C)C. The summed E-state index contributed by atoms with van der Waals surface area (Å²) in [5, 5.41) is 27.9. The van der Waals surface area contributed by atoms with E-state index in [1.807, 2.05) is 0 Å². The highest BCUT2D eigenvalue weighted by molar-refractivity contribution is 6.40. The van der Waals surface area contributed by atoms with E-state index in [2.05, 4.69) is 16.0 Å². The molecular formula is C32H40Cl2N4O7. The molecule has 3 amide bonds. The Balaban J connectivity index is 1.66. The molecule has 13 heteroatoms. The van der Waals surface area contributed by atoms with Crippen LogP contribution in [0, 0.1) is 16.7 Å². The van der Waals surface area contributed by atoms with Crippen molar-refractivity contribution in [3.63, 3.8) is 0 Å². The molecule has 4 atom stereocenters. The number of aliphatic carboxylic acids is 2. The number of hydrogen-bond donors (Lipinski definition) is 6. The maximum Gasteiger partial charge on any atom is 0.326 e. The number of halogens is 2. The molecular weight excluding hydrogens is 623 g/mol. The van der Waals surface area contributed by atoms with E-state index in [4.69, 9.17) is 28.9 Å². The zero-order valence-electron chi connectivity index (χ0n) is 25.5. The Morgan fingerprint density at radius 1 is 0.911 bits per heavy atom. The first-order valence-corrected chi connectivity index (χ1v) is 15.5. The number of carboxylic acid groups (broad SMARTS) is 2. The minimum absolute atomic E-state index is 0.0281. The highest BCUT2D eigenvalue weighted by Gasteiger charge is 2.58. The van der Waals surface area contributed by atoms with Gasteiger partial charge in [0.05, 0.1) is 21.0 Å². The molecule has 1 saturated carbocycles. The van der Waals surface area contributed by atoms with Crippen molar-refractivity contribution in [2.24, 2.45) is 22.5 Å². The molecule has 45 heavy (non-hydrogen) atoms. The van der Waals surface area contributed by atoms with Gasteiger partial charge in [-0.05, 0) is 73.9 Å². The van der Waals surface area contributed by atoms with Gasteiger partial charge in [0.2, 0.25) is 11.8 Å². The minimum atomic E-state index is -1.25. The van der Waals surface area contributed by atoms with Crippen LogP contribution in [0.1, 0.15) is 68.8 Å². The van der Waals surface area contributed by atoms with Gasteiger partial charge in [0.1, 0.15) is 12.1 Å². The Bertz CT molecular complexity index is 1410. The van der Waals surface area contributed by atoms with Crippen molar-refractivity contribution in [3.8, 4) is 0 Å². The number of amides is 3. The van der Waals surface area contributed by atoms with Gasteiger partial charge >= 0.3 is 11.9 Å². The second-order valence-electron chi connectivity index (χ2n) is 12.1. The van der Waals surface area contributed by atoms with Crippen molar-refractivity contribution in [2.45, 2.75) is 71.4 Å². The van der Waals surface area contributed by atoms with E-state index < -0.39 is 58.5 Å². The molecule has 0 heterocycles. The molecule has 0 radical (unpaired) electrons. The summed E-state index contributed by atoms with van der Waals surface area (Å²) < 4.78 is 0. The van der Waals surface area contributed by atoms with Gasteiger partial charge in [-0.3, -0.25) is 14.4 Å². The number of hydrogen-bond acceptors (Lipinski definition) is 6. The van der Waals surface area contributed by atoms with Gasteiger partial charge in [-0.25, -0.2) is 9.59 Å². The molecule has 0 aromatic heterocycles. The average Bonchev–Trinajstić information content (AvgIpc) is 3.21. The predicted molar refractivity (Wildman–Crippen MR) is 171 cm³/mol. The number of carboxylic acids is 2. The molecule has 1 fully saturated rings. The van der Waals surface area contributed by atoms with Crippen LogP contribution in [0.5, 0.6) is 0 Å². The number of unbranched alkanes of at least 4 members (excludes halogenated alkanes) is 1. The smallest absolute Gasteiger partial charge is 0.326 e. The molecule has 0 bridgehead atoms. The normalized spacial score (nSPS) is 20.1. The lowest BCUT2D eigenvalue weighted by Crippen LogP contribution is -2.54. The zero-order valence-corrected chi connectivity index (χ0v) is 27.0. The molecule has 11 nitrogen and oxygen atoms in total. The number of benzene rings is 2. The monoisotopic (exact) mass is 662 g/mol. The summed E-state index contributed by atoms with van der Waals surface area (Å²) in [7, 11) is 0. The van der Waals surface area contributed by atoms with Crippen LogP contribution in [-0.4, -0.2) is 58.5 Å². The van der Waals surface area contributed by atoms with E-state index in [9.17, 15) is 34.2 Å². The summed E-state index contributed by atoms with van der Waals surface area (Å²) >= 11 is 12.2. The molecule has 7 N–H and O–H groups in total. The second-order valence-corrected chi connectivity index (χ2v) is 13.0. The molecule has 4 unspecified atom stereocenters. The van der Waals surface area contributed by atoms with Gasteiger partial charge in [-0.2, -0.15) is 0 Å². The molecule has 1 aliphatic carbocycles. The lowest BCUT2D eigenvalue weighted by Gasteiger charge is -2.40. The standard InChI is InChI=1S/C32H40Cl2N4O7/c1-31(2)20(14-15-32(31,3)30(45)38-23(28(41)42)9-4-5-16-35)26(39)37-24(29(43)44)17-18-10-12-19(13-11-18)36-27(40)25-21(33)7-6-8-22(25)34/h6-8,10-13,20,23-24H,4-5,9,14-17,35H2,1-3H3,(H,36,40)(H,37,39)(H,38,45)(H,41,42)(H,43,44). The average molecular weight is 664 g/mol. The van der Waals surface area contributed by atoms with Crippen LogP contribution >= 0.6 is 23.2 Å². The van der Waals surface area contributed by atoms with Gasteiger partial charge in [-0.15, -0.1) is 0 Å². The molecule has 2 aromatic rings. The Morgan fingerprint density at radius 3 is 2.07 bits per heavy atom. The maximum absolute atomic E-state index is 13.5. The fourth-order valence-electron chi connectivity index (χ4n) is 5.77. The van der Waals surface area contributed by atoms with E-state index in [-0.39, 0.29) is 28.5 Å². The first-order valence-electron chi connectivity index (χ1n) is 14.7. The van der Waals surface area contributed by atoms with Gasteiger partial charge in [0, 0.05) is 18.0 Å². The summed E-state index contributed by atoms with van der Waals surface area (Å²) in [6.07, 6.45) is 2.04. The maximum atomic E-state index is 13.5. The van der Waals surface area contributed by atoms with Crippen LogP contribution in [0.4, 0.5) is 5.69 Å². The number of carbonyl (C=O) groups excluding carboxylic acids is 3. The highest BCUT2D eigenvalue weighted by atomic mass is 35.5. The Hall–Kier alpha value is -3.67. The van der Waals surface area contributed by atoms with Crippen molar-refractivity contribution in [1.82, 2.24) is 10.6 Å². The quantitative estimate of drug-likeness (QED) is 0.159. The summed E-state index contributed by atoms with van der Waals surface area (Å²) in [5.41, 5.74) is 4.70. The summed E-state index contributed by atoms with van der Waals surface area (Å²) in [5.74, 6) is -4.52. The van der Waals surface area contributed by atoms with Crippen molar-refractivity contribution in [2.75, 3.05) is 11.9 Å². The summed E-state index contributed by atoms with van der Waals surface area (Å²) in [6, 6.07) is 8.87. The van der Waals surface area contributed by atoms with E-state index in [0.29, 0.717) is 43.5 Å². The number of anilines is 1. The van der Waals surface area contributed by atoms with Gasteiger partial charge in [0.25, 0.3) is 5.91 Å². The van der Waals surface area contributed by atoms with Gasteiger partial charge in [-0.1, -0.05) is 62.2 Å². The lowest BCUT2D eigenvalue weighted by atomic mass is 9.65. The van der Waals surface area contributed by atoms with Gasteiger partial charge in [0.15, 0.2) is 0 Å². The molecule has 0 saturated heterocycles. The van der Waals surface area contributed by atoms with Crippen LogP contribution in [0.3, 0.4) is 0 Å². The van der Waals surface area contributed by atoms with Crippen molar-refractivity contribution >= 4 is 58.5 Å². The molecule has 0 aliphatic heterocycles. The lowest BCUT2D eigenvalue weighted by molar-refractivity contribution is -0.147. The van der Waals surface area contributed by atoms with E-state index >= 15 is 0 Å². The van der Waals surface area contributed by atoms with Crippen molar-refractivity contribution < 1.29 is 34.2 Å². The minimum Gasteiger partial charge on any atom is -0.480 e. The number of rotatable bonds is 14. The van der Waals surface area contributed by atoms with E-state index in [0.717, 1.165) is 0 Å². The second kappa shape index (κ2) is 15.1. The number of nitrogens with one attached hydrogen (secondary N) is 3. The third kappa shape index (κ3) is 8.33. The van der Waals surface area contributed by atoms with Crippen molar-refractivity contribution in [3.05, 3.63) is 63.6 Å². The Labute approximate surface area is 272 Å². The molecule has 1 aliphatic rings. The molecule has 2 aromatic carbocycles. The highest BCUT2D eigenvalue weighted by Crippen LogP contribution is 2.56. The number of nitrogens with two attached hydrogens (primary N) is 1. The molecule has 3 rings (SSSR count). The van der Waals surface area contributed by atoms with Gasteiger partial charge < -0.3 is 31.9 Å². The third-order valence-corrected chi connectivity index (χ3v) is 9.68. The van der Waals surface area contributed by atoms with Crippen LogP contribution in [0.2, 0.25) is 10.0 Å². The molecule has 244 valence electrons. The van der Waals surface area contributed by atoms with E-state index in [1.165, 1.54) is 0 Å². The van der Waals surface area contributed by atoms with Crippen LogP contribution < -0.4 is 21.7 Å². The van der Waals surface area contributed by atoms with E-state index in [1.54, 1.807) is 63.2 Å². The first-order chi connectivity index (χ1) is 21.1. The largest absolute Gasteiger partial charge is 0.480 e. The van der Waals surface area contributed by atoms with Crippen LogP contribution in [0.15, 0.2) is 42.5 Å². The molecule has 0 spiro atoms. The predicted octanol–water partition coefficient (Wildman–Crippen LogP) is 4.50. The zero-order chi connectivity index (χ0) is 33.5. The Morgan fingerprint density at radius 2 is 1.51 bits per heavy atom. The third-order valence-electron chi connectivity index (χ3n) is 9.05. The number of carbonyl (C=O) groups is 5. The summed E-state index contributed by atoms with van der Waals surface area (Å²) in [6.45, 7) is 5.67. The fraction of sp³-hybridized carbons (Fsp3) is 0.469. The fourth-order valence-corrected chi connectivity index (χ4v) is 6.34. The van der Waals surface area contributed by atoms with Crippen molar-refractivity contribution in [1.29, 1.82) is 0 Å². The topological polar surface area (TPSA) is 188 Å². The summed E-state index contributed by atoms with van der Waals surface area (Å²) in [4.78, 5) is 63.5. The van der Waals surface area contributed by atoms with Crippen LogP contribution in [0.25, 0.3) is 0 Å². The first kappa shape index (κ1) is 35.8. The van der Waals surface area contributed by atoms with Crippen LogP contribution in [-0.2, 0) is 25.6 Å². The Kier molecular flexibility index (Phi) is 12.0.